The molecule has 0 spiro atoms. The number of hydrogen-bond donors (Lipinski definition) is 0. The van der Waals surface area contributed by atoms with E-state index in [1.807, 2.05) is 31.2 Å². The van der Waals surface area contributed by atoms with E-state index < -0.39 is 10.0 Å². The highest BCUT2D eigenvalue weighted by Crippen LogP contribution is 2.29. The molecule has 1 aromatic carbocycles. The topological polar surface area (TPSA) is 92.6 Å². The Morgan fingerprint density at radius 2 is 1.94 bits per heavy atom. The molecule has 1 amide bonds. The maximum Gasteiger partial charge on any atom is 0.250 e. The van der Waals surface area contributed by atoms with Gasteiger partial charge in [0.2, 0.25) is 15.9 Å². The summed E-state index contributed by atoms with van der Waals surface area (Å²) in [6, 6.07) is 10.2. The van der Waals surface area contributed by atoms with Crippen LogP contribution in [-0.2, 0) is 21.4 Å². The van der Waals surface area contributed by atoms with Gasteiger partial charge < -0.3 is 4.57 Å². The van der Waals surface area contributed by atoms with Crippen LogP contribution in [0.15, 0.2) is 57.7 Å². The van der Waals surface area contributed by atoms with Crippen molar-refractivity contribution in [2.45, 2.75) is 38.1 Å². The lowest BCUT2D eigenvalue weighted by molar-refractivity contribution is -0.115. The van der Waals surface area contributed by atoms with Crippen molar-refractivity contribution in [1.82, 2.24) is 13.9 Å². The summed E-state index contributed by atoms with van der Waals surface area (Å²) in [5.74, 6) is -0.174. The van der Waals surface area contributed by atoms with Crippen molar-refractivity contribution < 1.29 is 13.2 Å². The van der Waals surface area contributed by atoms with Crippen LogP contribution in [0.25, 0.3) is 0 Å². The van der Waals surface area contributed by atoms with E-state index in [0.29, 0.717) is 29.6 Å². The number of benzene rings is 1. The highest BCUT2D eigenvalue weighted by atomic mass is 32.2. The maximum absolute atomic E-state index is 12.9. The van der Waals surface area contributed by atoms with Gasteiger partial charge in [0, 0.05) is 37.7 Å². The number of hydrogen-bond acceptors (Lipinski definition) is 6. The number of nitrogens with zero attached hydrogens (tertiary/aromatic N) is 4. The zero-order valence-corrected chi connectivity index (χ0v) is 19.5. The third-order valence-corrected chi connectivity index (χ3v) is 8.05. The summed E-state index contributed by atoms with van der Waals surface area (Å²) < 4.78 is 28.5. The molecule has 1 fully saturated rings. The number of rotatable bonds is 6. The number of amides is 1. The highest BCUT2D eigenvalue weighted by molar-refractivity contribution is 7.89. The SMILES string of the molecule is CC(=O)N(c1cccc(C)c1)c1nc(Cn2cc(S(=O)(=O)N3CCCC3)ccc2=O)cs1. The first-order valence-electron chi connectivity index (χ1n) is 10.3. The van der Waals surface area contributed by atoms with E-state index in [1.54, 1.807) is 5.38 Å². The van der Waals surface area contributed by atoms with Crippen LogP contribution in [0, 0.1) is 6.92 Å². The van der Waals surface area contributed by atoms with Crippen LogP contribution in [0.4, 0.5) is 10.8 Å². The number of aryl methyl sites for hydroxylation is 1. The van der Waals surface area contributed by atoms with Crippen LogP contribution in [0.2, 0.25) is 0 Å². The first kappa shape index (κ1) is 22.4. The minimum atomic E-state index is -3.63. The van der Waals surface area contributed by atoms with Gasteiger partial charge in [-0.15, -0.1) is 11.3 Å². The molecule has 168 valence electrons. The lowest BCUT2D eigenvalue weighted by Gasteiger charge is -2.18. The first-order valence-corrected chi connectivity index (χ1v) is 12.6. The Bertz CT molecular complexity index is 1310. The van der Waals surface area contributed by atoms with Gasteiger partial charge in [0.25, 0.3) is 5.56 Å². The third-order valence-electron chi connectivity index (χ3n) is 5.30. The number of carbonyl (C=O) groups is 1. The minimum Gasteiger partial charge on any atom is -0.308 e. The van der Waals surface area contributed by atoms with Crippen molar-refractivity contribution in [3.63, 3.8) is 0 Å². The van der Waals surface area contributed by atoms with Gasteiger partial charge in [-0.25, -0.2) is 13.4 Å². The molecule has 32 heavy (non-hydrogen) atoms. The number of thiazole rings is 1. The van der Waals surface area contributed by atoms with Crippen LogP contribution in [-0.4, -0.2) is 41.3 Å². The molecule has 0 bridgehead atoms. The molecule has 1 aliphatic heterocycles. The molecule has 1 saturated heterocycles. The van der Waals surface area contributed by atoms with Crippen molar-refractivity contribution in [2.24, 2.45) is 0 Å². The van der Waals surface area contributed by atoms with Crippen molar-refractivity contribution in [2.75, 3.05) is 18.0 Å². The van der Waals surface area contributed by atoms with Crippen LogP contribution in [0.3, 0.4) is 0 Å². The molecule has 0 radical (unpaired) electrons. The third kappa shape index (κ3) is 4.52. The average molecular weight is 473 g/mol. The van der Waals surface area contributed by atoms with E-state index in [2.05, 4.69) is 4.98 Å². The average Bonchev–Trinajstić information content (AvgIpc) is 3.42. The summed E-state index contributed by atoms with van der Waals surface area (Å²) in [5.41, 5.74) is 1.99. The molecule has 2 aromatic heterocycles. The predicted molar refractivity (Wildman–Crippen MR) is 124 cm³/mol. The van der Waals surface area contributed by atoms with Crippen LogP contribution in [0.1, 0.15) is 31.0 Å². The van der Waals surface area contributed by atoms with Crippen LogP contribution < -0.4 is 10.5 Å². The maximum atomic E-state index is 12.9. The van der Waals surface area contributed by atoms with Crippen molar-refractivity contribution in [3.8, 4) is 0 Å². The smallest absolute Gasteiger partial charge is 0.250 e. The Labute approximate surface area is 190 Å². The standard InChI is InChI=1S/C22H24N4O4S2/c1-16-6-5-7-19(12-16)26(17(2)27)22-23-18(15-31-22)13-24-14-20(8-9-21(24)28)32(29,30)25-10-3-4-11-25/h5-9,12,14-15H,3-4,10-11,13H2,1-2H3. The molecule has 3 heterocycles. The molecule has 1 aliphatic rings. The van der Waals surface area contributed by atoms with Gasteiger partial charge in [0.15, 0.2) is 5.13 Å². The Morgan fingerprint density at radius 3 is 2.62 bits per heavy atom. The molecule has 10 heteroatoms. The predicted octanol–water partition coefficient (Wildman–Crippen LogP) is 3.13. The molecule has 0 unspecified atom stereocenters. The summed E-state index contributed by atoms with van der Waals surface area (Å²) in [6.45, 7) is 4.52. The number of sulfonamides is 1. The van der Waals surface area contributed by atoms with Gasteiger partial charge in [-0.2, -0.15) is 4.31 Å². The number of aromatic nitrogens is 2. The summed E-state index contributed by atoms with van der Waals surface area (Å²) in [7, 11) is -3.63. The van der Waals surface area contributed by atoms with Gasteiger partial charge in [-0.3, -0.25) is 14.5 Å². The van der Waals surface area contributed by atoms with Crippen molar-refractivity contribution in [3.05, 3.63) is 69.6 Å². The summed E-state index contributed by atoms with van der Waals surface area (Å²) in [6.07, 6.45) is 3.06. The Morgan fingerprint density at radius 1 is 1.19 bits per heavy atom. The lowest BCUT2D eigenvalue weighted by Crippen LogP contribution is -2.29. The quantitative estimate of drug-likeness (QED) is 0.550. The van der Waals surface area contributed by atoms with E-state index in [1.165, 1.54) is 50.4 Å². The van der Waals surface area contributed by atoms with E-state index in [4.69, 9.17) is 0 Å². The van der Waals surface area contributed by atoms with Crippen LogP contribution in [0.5, 0.6) is 0 Å². The molecular weight excluding hydrogens is 448 g/mol. The Kier molecular flexibility index (Phi) is 6.27. The van der Waals surface area contributed by atoms with Gasteiger partial charge in [-0.1, -0.05) is 12.1 Å². The van der Waals surface area contributed by atoms with Gasteiger partial charge in [-0.05, 0) is 43.5 Å². The lowest BCUT2D eigenvalue weighted by atomic mass is 10.2. The highest BCUT2D eigenvalue weighted by Gasteiger charge is 2.27. The van der Waals surface area contributed by atoms with Gasteiger partial charge in [0.1, 0.15) is 0 Å². The Hall–Kier alpha value is -2.82. The summed E-state index contributed by atoms with van der Waals surface area (Å²) in [5, 5.41) is 2.27. The van der Waals surface area contributed by atoms with E-state index in [9.17, 15) is 18.0 Å². The second kappa shape index (κ2) is 8.97. The molecule has 3 aromatic rings. The normalized spacial score (nSPS) is 14.6. The fraction of sp³-hybridized carbons (Fsp3) is 0.318. The first-order chi connectivity index (χ1) is 15.3. The fourth-order valence-electron chi connectivity index (χ4n) is 3.70. The largest absolute Gasteiger partial charge is 0.308 e. The molecule has 4 rings (SSSR count). The Balaban J connectivity index is 1.62. The zero-order chi connectivity index (χ0) is 22.9. The zero-order valence-electron chi connectivity index (χ0n) is 17.9. The molecule has 0 aliphatic carbocycles. The molecule has 0 atom stereocenters. The van der Waals surface area contributed by atoms with Crippen LogP contribution >= 0.6 is 11.3 Å². The number of pyridine rings is 1. The second-order valence-electron chi connectivity index (χ2n) is 7.76. The van der Waals surface area contributed by atoms with E-state index >= 15 is 0 Å². The number of carbonyl (C=O) groups excluding carboxylic acids is 1. The second-order valence-corrected chi connectivity index (χ2v) is 10.5. The summed E-state index contributed by atoms with van der Waals surface area (Å²) in [4.78, 5) is 30.9. The minimum absolute atomic E-state index is 0.0968. The monoisotopic (exact) mass is 472 g/mol. The molecule has 8 nitrogen and oxygen atoms in total. The molecule has 0 saturated carbocycles. The van der Waals surface area contributed by atoms with Crippen molar-refractivity contribution >= 4 is 38.1 Å². The van der Waals surface area contributed by atoms with E-state index in [0.717, 1.165) is 18.4 Å². The molecule has 0 N–H and O–H groups in total. The van der Waals surface area contributed by atoms with E-state index in [-0.39, 0.29) is 22.9 Å². The molecular formula is C22H24N4O4S2. The van der Waals surface area contributed by atoms with Crippen molar-refractivity contribution in [1.29, 1.82) is 0 Å². The fourth-order valence-corrected chi connectivity index (χ4v) is 6.12. The van der Waals surface area contributed by atoms with Gasteiger partial charge >= 0.3 is 0 Å². The summed E-state index contributed by atoms with van der Waals surface area (Å²) >= 11 is 1.29. The number of anilines is 2. The van der Waals surface area contributed by atoms with Gasteiger partial charge in [0.05, 0.1) is 22.8 Å².